The smallest absolute Gasteiger partial charge is 0.358 e. The summed E-state index contributed by atoms with van der Waals surface area (Å²) < 4.78 is 16.8. The van der Waals surface area contributed by atoms with E-state index in [-0.39, 0.29) is 30.7 Å². The van der Waals surface area contributed by atoms with E-state index in [9.17, 15) is 14.4 Å². The van der Waals surface area contributed by atoms with Gasteiger partial charge in [0.05, 0.1) is 12.0 Å². The molecule has 3 aromatic carbocycles. The molecule has 0 spiro atoms. The molecule has 3 aromatic rings. The van der Waals surface area contributed by atoms with Crippen LogP contribution in [0.1, 0.15) is 95.5 Å². The number of rotatable bonds is 21. The van der Waals surface area contributed by atoms with E-state index in [1.165, 1.54) is 45.1 Å². The maximum atomic E-state index is 12.8. The summed E-state index contributed by atoms with van der Waals surface area (Å²) in [6, 6.07) is 22.3. The number of hydrogen-bond acceptors (Lipinski definition) is 9. The van der Waals surface area contributed by atoms with E-state index in [0.717, 1.165) is 34.1 Å². The van der Waals surface area contributed by atoms with Crippen molar-refractivity contribution in [2.45, 2.75) is 89.4 Å². The molecule has 3 rings (SSSR count). The van der Waals surface area contributed by atoms with Crippen LogP contribution in [-0.2, 0) is 19.2 Å². The average Bonchev–Trinajstić information content (AvgIpc) is 3.12. The molecule has 9 heteroatoms. The molecule has 262 valence electrons. The lowest BCUT2D eigenvalue weighted by Gasteiger charge is -2.20. The summed E-state index contributed by atoms with van der Waals surface area (Å²) in [5.41, 5.74) is 0.728. The number of esters is 1. The standard InChI is InChI=1S/C40H49NO7S/c1-6-8-9-10-11-12-27-45-34-20-24-36(25-21-34)49-35-22-16-32(17-23-35)38(43)30(3)41-48-37(42)26-15-31-13-18-33(19-14-31)46-28-29-47-39(44)40(4,5)7-2/h13-26H,6-12,27-29H2,1-5H3/b26-15+,41-30+. The molecule has 0 saturated heterocycles. The highest BCUT2D eigenvalue weighted by Gasteiger charge is 2.26. The molecule has 0 aromatic heterocycles. The van der Waals surface area contributed by atoms with Gasteiger partial charge in [-0.3, -0.25) is 9.59 Å². The number of ether oxygens (including phenoxy) is 3. The molecule has 0 radical (unpaired) electrons. The Labute approximate surface area is 295 Å². The van der Waals surface area contributed by atoms with Crippen LogP contribution in [0.3, 0.4) is 0 Å². The summed E-state index contributed by atoms with van der Waals surface area (Å²) in [5, 5.41) is 3.74. The Balaban J connectivity index is 1.39. The Hall–Kier alpha value is -4.37. The summed E-state index contributed by atoms with van der Waals surface area (Å²) in [6.45, 7) is 10.5. The van der Waals surface area contributed by atoms with Gasteiger partial charge < -0.3 is 19.0 Å². The molecule has 0 amide bonds. The molecule has 0 unspecified atom stereocenters. The van der Waals surface area contributed by atoms with Gasteiger partial charge in [0.2, 0.25) is 5.78 Å². The minimum Gasteiger partial charge on any atom is -0.494 e. The van der Waals surface area contributed by atoms with E-state index in [1.54, 1.807) is 54.2 Å². The van der Waals surface area contributed by atoms with Gasteiger partial charge in [-0.25, -0.2) is 4.79 Å². The molecule has 0 N–H and O–H groups in total. The second-order valence-electron chi connectivity index (χ2n) is 12.3. The van der Waals surface area contributed by atoms with Gasteiger partial charge in [-0.1, -0.05) is 75.0 Å². The zero-order valence-electron chi connectivity index (χ0n) is 29.4. The third-order valence-electron chi connectivity index (χ3n) is 7.86. The zero-order valence-corrected chi connectivity index (χ0v) is 30.2. The molecule has 0 saturated carbocycles. The van der Waals surface area contributed by atoms with Crippen LogP contribution in [0.5, 0.6) is 11.5 Å². The molecule has 0 aliphatic rings. The topological polar surface area (TPSA) is 100 Å². The second-order valence-corrected chi connectivity index (χ2v) is 13.4. The van der Waals surface area contributed by atoms with Crippen LogP contribution in [0.2, 0.25) is 0 Å². The molecule has 0 aliphatic carbocycles. The van der Waals surface area contributed by atoms with Crippen LogP contribution in [0, 0.1) is 5.41 Å². The van der Waals surface area contributed by atoms with Crippen LogP contribution in [0.4, 0.5) is 0 Å². The summed E-state index contributed by atoms with van der Waals surface area (Å²) in [7, 11) is 0. The fourth-order valence-electron chi connectivity index (χ4n) is 4.35. The summed E-state index contributed by atoms with van der Waals surface area (Å²) in [5.74, 6) is 0.180. The van der Waals surface area contributed by atoms with Gasteiger partial charge in [-0.2, -0.15) is 0 Å². The van der Waals surface area contributed by atoms with E-state index >= 15 is 0 Å². The molecule has 0 atom stereocenters. The SMILES string of the molecule is CCCCCCCCOc1ccc(Sc2ccc(C(=O)/C(C)=N/OC(=O)/C=C/c3ccc(OCCOC(=O)C(C)(C)CC)cc3)cc2)cc1. The van der Waals surface area contributed by atoms with Gasteiger partial charge in [0, 0.05) is 21.4 Å². The molecule has 0 bridgehead atoms. The van der Waals surface area contributed by atoms with Crippen molar-refractivity contribution in [3.63, 3.8) is 0 Å². The predicted octanol–water partition coefficient (Wildman–Crippen LogP) is 9.75. The van der Waals surface area contributed by atoms with Gasteiger partial charge >= 0.3 is 11.9 Å². The Morgan fingerprint density at radius 1 is 0.735 bits per heavy atom. The Bertz CT molecular complexity index is 1530. The van der Waals surface area contributed by atoms with E-state index in [0.29, 0.717) is 17.7 Å². The van der Waals surface area contributed by atoms with Crippen LogP contribution in [0.25, 0.3) is 6.08 Å². The van der Waals surface area contributed by atoms with Gasteiger partial charge in [0.15, 0.2) is 0 Å². The number of Topliss-reactive ketones (excluding diaryl/α,β-unsaturated/α-hetero) is 1. The molecule has 49 heavy (non-hydrogen) atoms. The van der Waals surface area contributed by atoms with Gasteiger partial charge in [-0.05, 0) is 106 Å². The maximum Gasteiger partial charge on any atom is 0.358 e. The van der Waals surface area contributed by atoms with E-state index in [1.807, 2.05) is 57.2 Å². The second kappa shape index (κ2) is 20.9. The summed E-state index contributed by atoms with van der Waals surface area (Å²) in [4.78, 5) is 44.1. The highest BCUT2D eigenvalue weighted by Crippen LogP contribution is 2.29. The highest BCUT2D eigenvalue weighted by atomic mass is 32.2. The number of oxime groups is 1. The number of ketones is 1. The quantitative estimate of drug-likeness (QED) is 0.0208. The van der Waals surface area contributed by atoms with E-state index < -0.39 is 11.4 Å². The summed E-state index contributed by atoms with van der Waals surface area (Å²) in [6.07, 6.45) is 10.9. The molecule has 8 nitrogen and oxygen atoms in total. The van der Waals surface area contributed by atoms with Gasteiger partial charge in [0.1, 0.15) is 30.4 Å². The first-order chi connectivity index (χ1) is 23.6. The zero-order chi connectivity index (χ0) is 35.5. The molecule has 0 aliphatic heterocycles. The van der Waals surface area contributed by atoms with Gasteiger partial charge in [-0.15, -0.1) is 0 Å². The first-order valence-corrected chi connectivity index (χ1v) is 17.8. The highest BCUT2D eigenvalue weighted by molar-refractivity contribution is 7.99. The lowest BCUT2D eigenvalue weighted by Crippen LogP contribution is -2.27. The van der Waals surface area contributed by atoms with Crippen LogP contribution >= 0.6 is 11.8 Å². The van der Waals surface area contributed by atoms with Crippen molar-refractivity contribution < 1.29 is 33.4 Å². The fourth-order valence-corrected chi connectivity index (χ4v) is 5.17. The summed E-state index contributed by atoms with van der Waals surface area (Å²) >= 11 is 1.59. The normalized spacial score (nSPS) is 11.7. The van der Waals surface area contributed by atoms with Crippen molar-refractivity contribution in [3.05, 3.63) is 90.0 Å². The maximum absolute atomic E-state index is 12.8. The van der Waals surface area contributed by atoms with Crippen molar-refractivity contribution in [1.82, 2.24) is 0 Å². The Morgan fingerprint density at radius 2 is 1.31 bits per heavy atom. The third kappa shape index (κ3) is 14.3. The van der Waals surface area contributed by atoms with E-state index in [2.05, 4.69) is 12.1 Å². The Morgan fingerprint density at radius 3 is 1.94 bits per heavy atom. The molecular formula is C40H49NO7S. The van der Waals surface area contributed by atoms with Crippen molar-refractivity contribution in [2.75, 3.05) is 19.8 Å². The monoisotopic (exact) mass is 687 g/mol. The van der Waals surface area contributed by atoms with E-state index in [4.69, 9.17) is 19.0 Å². The minimum atomic E-state index is -0.713. The number of nitrogens with zero attached hydrogens (tertiary/aromatic N) is 1. The van der Waals surface area contributed by atoms with Crippen molar-refractivity contribution in [3.8, 4) is 11.5 Å². The van der Waals surface area contributed by atoms with Crippen LogP contribution in [-0.4, -0.2) is 43.3 Å². The first-order valence-electron chi connectivity index (χ1n) is 17.0. The average molecular weight is 688 g/mol. The molecular weight excluding hydrogens is 639 g/mol. The van der Waals surface area contributed by atoms with Crippen LogP contribution < -0.4 is 9.47 Å². The number of benzene rings is 3. The largest absolute Gasteiger partial charge is 0.494 e. The third-order valence-corrected chi connectivity index (χ3v) is 8.87. The van der Waals surface area contributed by atoms with Gasteiger partial charge in [0.25, 0.3) is 0 Å². The number of carbonyl (C=O) groups is 3. The van der Waals surface area contributed by atoms with Crippen molar-refractivity contribution in [1.29, 1.82) is 0 Å². The molecule has 0 heterocycles. The Kier molecular flexibility index (Phi) is 16.6. The lowest BCUT2D eigenvalue weighted by molar-refractivity contribution is -0.154. The molecule has 0 fully saturated rings. The number of unbranched alkanes of at least 4 members (excludes halogenated alkanes) is 5. The predicted molar refractivity (Wildman–Crippen MR) is 195 cm³/mol. The van der Waals surface area contributed by atoms with Crippen molar-refractivity contribution in [2.24, 2.45) is 10.6 Å². The fraction of sp³-hybridized carbons (Fsp3) is 0.400. The number of hydrogen-bond donors (Lipinski definition) is 0. The first kappa shape index (κ1) is 39.1. The van der Waals surface area contributed by atoms with Crippen molar-refractivity contribution >= 4 is 41.3 Å². The minimum absolute atomic E-state index is 0.0594. The number of carbonyl (C=O) groups excluding carboxylic acids is 3. The van der Waals surface area contributed by atoms with Crippen LogP contribution in [0.15, 0.2) is 93.8 Å². The lowest BCUT2D eigenvalue weighted by atomic mass is 9.91.